The van der Waals surface area contributed by atoms with Gasteiger partial charge in [0.2, 0.25) is 10.0 Å². The number of nitrogen functional groups attached to an aromatic ring is 1. The second-order valence-electron chi connectivity index (χ2n) is 5.53. The van der Waals surface area contributed by atoms with Crippen molar-refractivity contribution >= 4 is 15.7 Å². The number of aryl methyl sites for hydroxylation is 1. The van der Waals surface area contributed by atoms with Crippen molar-refractivity contribution in [1.29, 1.82) is 0 Å². The highest BCUT2D eigenvalue weighted by atomic mass is 32.2. The molecule has 21 heavy (non-hydrogen) atoms. The van der Waals surface area contributed by atoms with Gasteiger partial charge in [0, 0.05) is 12.6 Å². The van der Waals surface area contributed by atoms with E-state index in [1.54, 1.807) is 0 Å². The van der Waals surface area contributed by atoms with Gasteiger partial charge in [-0.1, -0.05) is 13.8 Å². The monoisotopic (exact) mass is 318 g/mol. The summed E-state index contributed by atoms with van der Waals surface area (Å²) < 4.78 is 41.2. The molecule has 0 aliphatic carbocycles. The molecule has 0 heterocycles. The molecule has 7 heteroatoms. The Hall–Kier alpha value is -1.18. The van der Waals surface area contributed by atoms with Crippen molar-refractivity contribution in [2.24, 2.45) is 5.92 Å². The van der Waals surface area contributed by atoms with Crippen LogP contribution in [0.2, 0.25) is 0 Å². The average Bonchev–Trinajstić information content (AvgIpc) is 2.34. The van der Waals surface area contributed by atoms with Crippen molar-refractivity contribution in [1.82, 2.24) is 4.72 Å². The molecule has 0 aromatic heterocycles. The van der Waals surface area contributed by atoms with E-state index >= 15 is 0 Å². The van der Waals surface area contributed by atoms with E-state index in [9.17, 15) is 12.8 Å². The number of aliphatic hydroxyl groups is 1. The predicted octanol–water partition coefficient (Wildman–Crippen LogP) is 1.71. The van der Waals surface area contributed by atoms with Crippen molar-refractivity contribution in [2.45, 2.75) is 45.1 Å². The summed E-state index contributed by atoms with van der Waals surface area (Å²) in [5, 5.41) is 9.04. The summed E-state index contributed by atoms with van der Waals surface area (Å²) in [6.07, 6.45) is 0.311. The van der Waals surface area contributed by atoms with E-state index in [0.717, 1.165) is 6.07 Å². The first-order valence-electron chi connectivity index (χ1n) is 6.80. The maximum atomic E-state index is 13.5. The summed E-state index contributed by atoms with van der Waals surface area (Å²) in [6.45, 7) is 6.62. The van der Waals surface area contributed by atoms with Crippen LogP contribution in [-0.2, 0) is 10.0 Å². The van der Waals surface area contributed by atoms with Crippen molar-refractivity contribution in [3.8, 4) is 0 Å². The summed E-state index contributed by atoms with van der Waals surface area (Å²) in [5.74, 6) is -0.606. The molecule has 0 bridgehead atoms. The summed E-state index contributed by atoms with van der Waals surface area (Å²) in [7, 11) is -3.84. The number of hydrogen-bond acceptors (Lipinski definition) is 4. The number of halogens is 1. The van der Waals surface area contributed by atoms with Crippen LogP contribution < -0.4 is 10.5 Å². The molecule has 0 radical (unpaired) electrons. The highest BCUT2D eigenvalue weighted by Gasteiger charge is 2.26. The zero-order valence-electron chi connectivity index (χ0n) is 12.8. The molecule has 0 aliphatic rings. The van der Waals surface area contributed by atoms with Crippen LogP contribution in [-0.4, -0.2) is 26.2 Å². The van der Waals surface area contributed by atoms with Gasteiger partial charge in [-0.05, 0) is 43.4 Å². The number of sulfonamides is 1. The number of nitrogens with two attached hydrogens (primary N) is 1. The molecule has 1 rings (SSSR count). The molecule has 120 valence electrons. The van der Waals surface area contributed by atoms with Gasteiger partial charge in [0.1, 0.15) is 5.82 Å². The van der Waals surface area contributed by atoms with Gasteiger partial charge in [-0.15, -0.1) is 0 Å². The Bertz CT molecular complexity index is 615. The summed E-state index contributed by atoms with van der Waals surface area (Å²) in [4.78, 5) is 0.00462. The predicted molar refractivity (Wildman–Crippen MR) is 80.9 cm³/mol. The van der Waals surface area contributed by atoms with Gasteiger partial charge >= 0.3 is 0 Å². The fourth-order valence-electron chi connectivity index (χ4n) is 2.27. The molecule has 0 amide bonds. The van der Waals surface area contributed by atoms with Crippen LogP contribution in [0.15, 0.2) is 11.0 Å². The topological polar surface area (TPSA) is 92.4 Å². The Balaban J connectivity index is 3.29. The lowest BCUT2D eigenvalue weighted by Crippen LogP contribution is -2.39. The Morgan fingerprint density at radius 1 is 1.38 bits per heavy atom. The van der Waals surface area contributed by atoms with Crippen LogP contribution in [0.25, 0.3) is 0 Å². The molecule has 1 aromatic rings. The molecule has 1 unspecified atom stereocenters. The molecular weight excluding hydrogens is 295 g/mol. The Labute approximate surface area is 125 Å². The van der Waals surface area contributed by atoms with Gasteiger partial charge < -0.3 is 10.8 Å². The zero-order chi connectivity index (χ0) is 16.4. The minimum absolute atomic E-state index is 0.00462. The van der Waals surface area contributed by atoms with Crippen LogP contribution >= 0.6 is 0 Å². The molecule has 0 saturated carbocycles. The quantitative estimate of drug-likeness (QED) is 0.696. The van der Waals surface area contributed by atoms with Crippen LogP contribution in [0.4, 0.5) is 10.1 Å². The second-order valence-corrected chi connectivity index (χ2v) is 7.18. The Kier molecular flexibility index (Phi) is 5.72. The summed E-state index contributed by atoms with van der Waals surface area (Å²) >= 11 is 0. The number of aliphatic hydroxyl groups excluding tert-OH is 1. The first-order valence-corrected chi connectivity index (χ1v) is 8.28. The van der Waals surface area contributed by atoms with Crippen molar-refractivity contribution in [3.63, 3.8) is 0 Å². The lowest BCUT2D eigenvalue weighted by atomic mass is 10.0. The van der Waals surface area contributed by atoms with Crippen LogP contribution in [0.3, 0.4) is 0 Å². The van der Waals surface area contributed by atoms with Crippen LogP contribution in [0.5, 0.6) is 0 Å². The van der Waals surface area contributed by atoms with E-state index in [0.29, 0.717) is 12.0 Å². The van der Waals surface area contributed by atoms with Crippen molar-refractivity contribution < 1.29 is 17.9 Å². The molecule has 0 aliphatic heterocycles. The van der Waals surface area contributed by atoms with Gasteiger partial charge in [0.25, 0.3) is 0 Å². The third-order valence-electron chi connectivity index (χ3n) is 3.52. The van der Waals surface area contributed by atoms with E-state index < -0.39 is 21.9 Å². The minimum atomic E-state index is -3.84. The molecular formula is C14H23FN2O3S. The molecule has 5 nitrogen and oxygen atoms in total. The zero-order valence-corrected chi connectivity index (χ0v) is 13.6. The Morgan fingerprint density at radius 3 is 2.43 bits per heavy atom. The molecule has 0 fully saturated rings. The van der Waals surface area contributed by atoms with Gasteiger partial charge in [-0.2, -0.15) is 0 Å². The van der Waals surface area contributed by atoms with E-state index in [2.05, 4.69) is 4.72 Å². The standard InChI is InChI=1S/C14H23FN2O3S/c1-8(2)12(5-6-18)17-21(19,20)14-9(3)7-11(15)13(16)10(14)4/h7-8,12,17-18H,5-6,16H2,1-4H3. The van der Waals surface area contributed by atoms with E-state index in [1.807, 2.05) is 13.8 Å². The number of nitrogens with one attached hydrogen (secondary N) is 1. The smallest absolute Gasteiger partial charge is 0.241 e. The largest absolute Gasteiger partial charge is 0.396 e. The lowest BCUT2D eigenvalue weighted by Gasteiger charge is -2.23. The second kappa shape index (κ2) is 6.72. The summed E-state index contributed by atoms with van der Waals surface area (Å²) in [5.41, 5.74) is 5.93. The average molecular weight is 318 g/mol. The molecule has 0 saturated heterocycles. The van der Waals surface area contributed by atoms with E-state index in [-0.39, 0.29) is 28.7 Å². The summed E-state index contributed by atoms with van der Waals surface area (Å²) in [6, 6.07) is 0.720. The first kappa shape index (κ1) is 17.9. The molecule has 0 spiro atoms. The molecule has 1 aromatic carbocycles. The van der Waals surface area contributed by atoms with E-state index in [4.69, 9.17) is 10.8 Å². The number of rotatable bonds is 6. The number of benzene rings is 1. The van der Waals surface area contributed by atoms with Gasteiger partial charge in [0.15, 0.2) is 0 Å². The number of anilines is 1. The highest BCUT2D eigenvalue weighted by molar-refractivity contribution is 7.89. The van der Waals surface area contributed by atoms with Gasteiger partial charge in [0.05, 0.1) is 10.6 Å². The Morgan fingerprint density at radius 2 is 1.95 bits per heavy atom. The third-order valence-corrected chi connectivity index (χ3v) is 5.30. The number of hydrogen-bond donors (Lipinski definition) is 3. The maximum Gasteiger partial charge on any atom is 0.241 e. The van der Waals surface area contributed by atoms with Crippen LogP contribution in [0, 0.1) is 25.6 Å². The fraction of sp³-hybridized carbons (Fsp3) is 0.571. The maximum absolute atomic E-state index is 13.5. The van der Waals surface area contributed by atoms with Crippen LogP contribution in [0.1, 0.15) is 31.4 Å². The minimum Gasteiger partial charge on any atom is -0.396 e. The molecule has 1 atom stereocenters. The SMILES string of the molecule is Cc1cc(F)c(N)c(C)c1S(=O)(=O)NC(CCO)C(C)C. The molecule has 4 N–H and O–H groups in total. The lowest BCUT2D eigenvalue weighted by molar-refractivity contribution is 0.256. The van der Waals surface area contributed by atoms with Crippen molar-refractivity contribution in [2.75, 3.05) is 12.3 Å². The van der Waals surface area contributed by atoms with Gasteiger partial charge in [-0.3, -0.25) is 0 Å². The van der Waals surface area contributed by atoms with E-state index in [1.165, 1.54) is 13.8 Å². The normalized spacial score (nSPS) is 13.7. The third kappa shape index (κ3) is 3.93. The highest BCUT2D eigenvalue weighted by Crippen LogP contribution is 2.28. The fourth-order valence-corrected chi connectivity index (χ4v) is 4.17. The van der Waals surface area contributed by atoms with Crippen molar-refractivity contribution in [3.05, 3.63) is 23.0 Å². The first-order chi connectivity index (χ1) is 9.61. The van der Waals surface area contributed by atoms with Gasteiger partial charge in [-0.25, -0.2) is 17.5 Å².